The average molecular weight is 522 g/mol. The third-order valence-corrected chi connectivity index (χ3v) is 6.03. The van der Waals surface area contributed by atoms with Crippen molar-refractivity contribution in [1.29, 1.82) is 0 Å². The Morgan fingerprint density at radius 3 is 2.31 bits per heavy atom. The maximum atomic E-state index is 13.0. The van der Waals surface area contributed by atoms with E-state index >= 15 is 0 Å². The molecule has 0 spiro atoms. The molecule has 198 valence electrons. The van der Waals surface area contributed by atoms with Gasteiger partial charge in [0.2, 0.25) is 17.7 Å². The SMILES string of the molecule is NC(N)=NCCCC(NC(=O)C1CCCN1)C(=O)NC(CS)C(=O)NC(Cc1ccccc1)C(=O)O. The van der Waals surface area contributed by atoms with Crippen molar-refractivity contribution in [1.82, 2.24) is 21.3 Å². The van der Waals surface area contributed by atoms with Gasteiger partial charge in [-0.15, -0.1) is 0 Å². The molecule has 9 N–H and O–H groups in total. The number of rotatable bonds is 14. The normalized spacial score (nSPS) is 17.3. The van der Waals surface area contributed by atoms with Crippen molar-refractivity contribution in [2.24, 2.45) is 16.5 Å². The van der Waals surface area contributed by atoms with Crippen molar-refractivity contribution in [2.75, 3.05) is 18.8 Å². The van der Waals surface area contributed by atoms with Crippen LogP contribution in [-0.4, -0.2) is 77.8 Å². The van der Waals surface area contributed by atoms with Crippen LogP contribution in [0, 0.1) is 0 Å². The molecule has 1 saturated heterocycles. The highest BCUT2D eigenvalue weighted by atomic mass is 32.1. The van der Waals surface area contributed by atoms with Crippen LogP contribution in [-0.2, 0) is 25.6 Å². The van der Waals surface area contributed by atoms with Gasteiger partial charge in [-0.1, -0.05) is 30.3 Å². The van der Waals surface area contributed by atoms with E-state index in [0.29, 0.717) is 12.8 Å². The lowest BCUT2D eigenvalue weighted by Crippen LogP contribution is -2.57. The van der Waals surface area contributed by atoms with E-state index in [1.54, 1.807) is 30.3 Å². The first-order chi connectivity index (χ1) is 17.2. The molecule has 0 saturated carbocycles. The summed E-state index contributed by atoms with van der Waals surface area (Å²) in [6, 6.07) is 5.23. The van der Waals surface area contributed by atoms with Crippen LogP contribution in [0.25, 0.3) is 0 Å². The van der Waals surface area contributed by atoms with E-state index in [9.17, 15) is 24.3 Å². The highest BCUT2D eigenvalue weighted by Crippen LogP contribution is 2.08. The summed E-state index contributed by atoms with van der Waals surface area (Å²) in [6.07, 6.45) is 2.23. The van der Waals surface area contributed by atoms with Crippen LogP contribution in [0.15, 0.2) is 35.3 Å². The van der Waals surface area contributed by atoms with Crippen LogP contribution < -0.4 is 32.7 Å². The summed E-state index contributed by atoms with van der Waals surface area (Å²) in [5.74, 6) is -2.94. The molecule has 4 unspecified atom stereocenters. The van der Waals surface area contributed by atoms with Crippen LogP contribution >= 0.6 is 12.6 Å². The maximum Gasteiger partial charge on any atom is 0.326 e. The summed E-state index contributed by atoms with van der Waals surface area (Å²) in [4.78, 5) is 54.1. The Morgan fingerprint density at radius 2 is 1.72 bits per heavy atom. The Bertz CT molecular complexity index is 921. The Morgan fingerprint density at radius 1 is 1.06 bits per heavy atom. The molecule has 12 nitrogen and oxygen atoms in total. The standard InChI is InChI=1S/C23H35N7O5S/c24-23(25)27-11-5-9-16(28-19(31)15-8-4-10-26-15)20(32)30-18(13-36)21(33)29-17(22(34)35)12-14-6-2-1-3-7-14/h1-3,6-7,15-18,26,36H,4-5,8-13H2,(H,28,31)(H,29,33)(H,30,32)(H,34,35)(H4,24,25,27). The first-order valence-electron chi connectivity index (χ1n) is 11.8. The van der Waals surface area contributed by atoms with Gasteiger partial charge in [-0.25, -0.2) is 4.79 Å². The Balaban J connectivity index is 2.03. The Hall–Kier alpha value is -3.32. The lowest BCUT2D eigenvalue weighted by molar-refractivity contribution is -0.142. The van der Waals surface area contributed by atoms with Gasteiger partial charge in [0.25, 0.3) is 0 Å². The number of benzene rings is 1. The lowest BCUT2D eigenvalue weighted by atomic mass is 10.1. The van der Waals surface area contributed by atoms with E-state index < -0.39 is 42.0 Å². The number of aliphatic carboxylic acids is 1. The minimum Gasteiger partial charge on any atom is -0.480 e. The van der Waals surface area contributed by atoms with Gasteiger partial charge in [0.15, 0.2) is 5.96 Å². The number of carbonyl (C=O) groups is 4. The molecule has 1 aliphatic rings. The fraction of sp³-hybridized carbons (Fsp3) is 0.522. The van der Waals surface area contributed by atoms with E-state index in [4.69, 9.17) is 11.5 Å². The number of aliphatic imine (C=N–C) groups is 1. The van der Waals surface area contributed by atoms with Crippen molar-refractivity contribution in [3.63, 3.8) is 0 Å². The number of nitrogens with one attached hydrogen (secondary N) is 4. The molecule has 1 aromatic rings. The zero-order valence-corrected chi connectivity index (χ0v) is 20.9. The molecule has 1 aromatic carbocycles. The number of carboxylic acids is 1. The monoisotopic (exact) mass is 521 g/mol. The molecule has 4 atom stereocenters. The summed E-state index contributed by atoms with van der Waals surface area (Å²) in [5.41, 5.74) is 11.4. The van der Waals surface area contributed by atoms with Gasteiger partial charge in [-0.3, -0.25) is 19.4 Å². The van der Waals surface area contributed by atoms with E-state index in [1.165, 1.54) is 0 Å². The molecule has 2 rings (SSSR count). The molecule has 1 heterocycles. The summed E-state index contributed by atoms with van der Waals surface area (Å²) >= 11 is 4.15. The predicted octanol–water partition coefficient (Wildman–Crippen LogP) is -1.50. The van der Waals surface area contributed by atoms with Gasteiger partial charge in [0.1, 0.15) is 18.1 Å². The number of thiol groups is 1. The number of carboxylic acid groups (broad SMARTS) is 1. The van der Waals surface area contributed by atoms with Gasteiger partial charge < -0.3 is 37.8 Å². The fourth-order valence-corrected chi connectivity index (χ4v) is 4.00. The second-order valence-electron chi connectivity index (χ2n) is 8.49. The summed E-state index contributed by atoms with van der Waals surface area (Å²) in [5, 5.41) is 20.4. The predicted molar refractivity (Wildman–Crippen MR) is 138 cm³/mol. The minimum atomic E-state index is -1.20. The third kappa shape index (κ3) is 9.74. The highest BCUT2D eigenvalue weighted by Gasteiger charge is 2.31. The van der Waals surface area contributed by atoms with E-state index in [-0.39, 0.29) is 37.0 Å². The molecule has 0 radical (unpaired) electrons. The van der Waals surface area contributed by atoms with E-state index in [2.05, 4.69) is 38.9 Å². The molecule has 3 amide bonds. The number of guanidine groups is 1. The molecule has 0 aromatic heterocycles. The molecular formula is C23H35N7O5S. The van der Waals surface area contributed by atoms with Gasteiger partial charge in [0.05, 0.1) is 6.04 Å². The lowest BCUT2D eigenvalue weighted by Gasteiger charge is -2.24. The molecule has 0 aliphatic carbocycles. The summed E-state index contributed by atoms with van der Waals surface area (Å²) in [7, 11) is 0. The van der Waals surface area contributed by atoms with Crippen molar-refractivity contribution in [2.45, 2.75) is 56.3 Å². The largest absolute Gasteiger partial charge is 0.480 e. The molecule has 1 aliphatic heterocycles. The quantitative estimate of drug-likeness (QED) is 0.0625. The zero-order valence-electron chi connectivity index (χ0n) is 20.0. The second-order valence-corrected chi connectivity index (χ2v) is 8.86. The molecule has 1 fully saturated rings. The minimum absolute atomic E-state index is 0.0753. The smallest absolute Gasteiger partial charge is 0.326 e. The first kappa shape index (κ1) is 28.9. The zero-order chi connectivity index (χ0) is 26.5. The number of amides is 3. The summed E-state index contributed by atoms with van der Waals surface area (Å²) in [6.45, 7) is 0.981. The number of hydrogen-bond acceptors (Lipinski definition) is 7. The van der Waals surface area contributed by atoms with E-state index in [0.717, 1.165) is 18.5 Å². The number of hydrogen-bond donors (Lipinski definition) is 8. The molecule has 0 bridgehead atoms. The van der Waals surface area contributed by atoms with E-state index in [1.807, 2.05) is 0 Å². The maximum absolute atomic E-state index is 13.0. The number of nitrogens with two attached hydrogens (primary N) is 2. The number of carbonyl (C=O) groups excluding carboxylic acids is 3. The van der Waals surface area contributed by atoms with Crippen molar-refractivity contribution < 1.29 is 24.3 Å². The van der Waals surface area contributed by atoms with Crippen molar-refractivity contribution in [3.05, 3.63) is 35.9 Å². The van der Waals surface area contributed by atoms with Crippen molar-refractivity contribution in [3.8, 4) is 0 Å². The van der Waals surface area contributed by atoms with Gasteiger partial charge in [-0.2, -0.15) is 12.6 Å². The molecule has 13 heteroatoms. The average Bonchev–Trinajstić information content (AvgIpc) is 3.39. The van der Waals surface area contributed by atoms with Gasteiger partial charge in [-0.05, 0) is 37.8 Å². The van der Waals surface area contributed by atoms with Crippen LogP contribution in [0.3, 0.4) is 0 Å². The van der Waals surface area contributed by atoms with Crippen LogP contribution in [0.5, 0.6) is 0 Å². The molecule has 36 heavy (non-hydrogen) atoms. The van der Waals surface area contributed by atoms with Crippen molar-refractivity contribution >= 4 is 42.3 Å². The van der Waals surface area contributed by atoms with Crippen LogP contribution in [0.4, 0.5) is 0 Å². The first-order valence-corrected chi connectivity index (χ1v) is 12.4. The fourth-order valence-electron chi connectivity index (χ4n) is 3.74. The third-order valence-electron chi connectivity index (χ3n) is 5.67. The van der Waals surface area contributed by atoms with Crippen LogP contribution in [0.2, 0.25) is 0 Å². The molecular weight excluding hydrogens is 486 g/mol. The summed E-state index contributed by atoms with van der Waals surface area (Å²) < 4.78 is 0. The topological polar surface area (TPSA) is 201 Å². The Kier molecular flexibility index (Phi) is 12.0. The second kappa shape index (κ2) is 14.9. The van der Waals surface area contributed by atoms with Crippen LogP contribution in [0.1, 0.15) is 31.2 Å². The highest BCUT2D eigenvalue weighted by molar-refractivity contribution is 7.80. The Labute approximate surface area is 215 Å². The van der Waals surface area contributed by atoms with Gasteiger partial charge >= 0.3 is 5.97 Å². The van der Waals surface area contributed by atoms with Gasteiger partial charge in [0, 0.05) is 18.7 Å². The number of nitrogens with zero attached hydrogens (tertiary/aromatic N) is 1.